The van der Waals surface area contributed by atoms with Crippen LogP contribution in [0.3, 0.4) is 0 Å². The summed E-state index contributed by atoms with van der Waals surface area (Å²) in [4.78, 5) is 26.3. The number of nitrogens with one attached hydrogen (secondary N) is 1. The maximum absolute atomic E-state index is 12.6. The van der Waals surface area contributed by atoms with Gasteiger partial charge in [0, 0.05) is 10.9 Å². The lowest BCUT2D eigenvalue weighted by Crippen LogP contribution is -2.18. The first-order valence-electron chi connectivity index (χ1n) is 9.70. The summed E-state index contributed by atoms with van der Waals surface area (Å²) in [5, 5.41) is 12.4. The van der Waals surface area contributed by atoms with Crippen molar-refractivity contribution in [3.05, 3.63) is 22.3 Å². The number of thiophene rings is 1. The summed E-state index contributed by atoms with van der Waals surface area (Å²) in [7, 11) is 0. The number of fused-ring (bicyclic) bond motifs is 1. The number of rotatable bonds is 7. The fourth-order valence-electron chi connectivity index (χ4n) is 3.49. The van der Waals surface area contributed by atoms with Gasteiger partial charge in [0.2, 0.25) is 5.91 Å². The highest BCUT2D eigenvalue weighted by atomic mass is 32.2. The minimum Gasteiger partial charge on any atom is -0.462 e. The van der Waals surface area contributed by atoms with Crippen molar-refractivity contribution < 1.29 is 14.3 Å². The molecule has 0 aromatic carbocycles. The molecule has 4 rings (SSSR count). The van der Waals surface area contributed by atoms with Crippen LogP contribution in [0.1, 0.15) is 60.0 Å². The summed E-state index contributed by atoms with van der Waals surface area (Å²) in [5.74, 6) is 0.333. The molecule has 2 aliphatic rings. The summed E-state index contributed by atoms with van der Waals surface area (Å²) in [5.41, 5.74) is 1.60. The highest BCUT2D eigenvalue weighted by molar-refractivity contribution is 7.99. The molecule has 2 aromatic heterocycles. The second kappa shape index (κ2) is 8.24. The Balaban J connectivity index is 1.47. The van der Waals surface area contributed by atoms with Crippen LogP contribution in [0.4, 0.5) is 5.00 Å². The molecule has 0 spiro atoms. The second-order valence-electron chi connectivity index (χ2n) is 7.37. The molecule has 7 nitrogen and oxygen atoms in total. The summed E-state index contributed by atoms with van der Waals surface area (Å²) in [6.07, 6.45) is 6.86. The van der Waals surface area contributed by atoms with E-state index in [9.17, 15) is 9.59 Å². The number of hydrogen-bond donors (Lipinski definition) is 1. The number of carbonyl (C=O) groups excluding carboxylic acids is 2. The number of aromatic nitrogens is 3. The molecule has 0 aliphatic heterocycles. The molecule has 2 aliphatic carbocycles. The van der Waals surface area contributed by atoms with Crippen LogP contribution >= 0.6 is 23.1 Å². The average molecular weight is 421 g/mol. The number of carbonyl (C=O) groups is 2. The summed E-state index contributed by atoms with van der Waals surface area (Å²) >= 11 is 2.89. The molecule has 28 heavy (non-hydrogen) atoms. The van der Waals surface area contributed by atoms with E-state index in [1.807, 2.05) is 4.57 Å². The minimum absolute atomic E-state index is 0.146. The van der Waals surface area contributed by atoms with Crippen molar-refractivity contribution in [2.45, 2.75) is 57.1 Å². The van der Waals surface area contributed by atoms with E-state index in [1.165, 1.54) is 28.0 Å². The van der Waals surface area contributed by atoms with Crippen LogP contribution in [0.5, 0.6) is 0 Å². The quantitative estimate of drug-likeness (QED) is 0.543. The number of anilines is 1. The first-order chi connectivity index (χ1) is 13.6. The predicted octanol–water partition coefficient (Wildman–Crippen LogP) is 3.71. The van der Waals surface area contributed by atoms with Crippen molar-refractivity contribution in [1.29, 1.82) is 0 Å². The van der Waals surface area contributed by atoms with Crippen LogP contribution < -0.4 is 5.32 Å². The molecule has 2 heterocycles. The van der Waals surface area contributed by atoms with Crippen LogP contribution in [0, 0.1) is 5.92 Å². The van der Waals surface area contributed by atoms with Crippen LogP contribution in [0.15, 0.2) is 11.5 Å². The Bertz CT molecular complexity index is 888. The van der Waals surface area contributed by atoms with Gasteiger partial charge < -0.3 is 14.6 Å². The van der Waals surface area contributed by atoms with Gasteiger partial charge in [0.15, 0.2) is 5.16 Å². The lowest BCUT2D eigenvalue weighted by molar-refractivity contribution is -0.113. The maximum atomic E-state index is 12.6. The van der Waals surface area contributed by atoms with E-state index < -0.39 is 0 Å². The molecule has 1 amide bonds. The monoisotopic (exact) mass is 420 g/mol. The highest BCUT2D eigenvalue weighted by Crippen LogP contribution is 2.40. The number of thioether (sulfide) groups is 1. The second-order valence-corrected chi connectivity index (χ2v) is 9.41. The normalized spacial score (nSPS) is 18.6. The number of esters is 1. The summed E-state index contributed by atoms with van der Waals surface area (Å²) < 4.78 is 7.29. The maximum Gasteiger partial charge on any atom is 0.341 e. The summed E-state index contributed by atoms with van der Waals surface area (Å²) in [6.45, 7) is 4.33. The minimum atomic E-state index is -0.342. The van der Waals surface area contributed by atoms with Crippen LogP contribution in [-0.2, 0) is 22.4 Å². The van der Waals surface area contributed by atoms with Gasteiger partial charge in [-0.3, -0.25) is 4.79 Å². The van der Waals surface area contributed by atoms with E-state index in [-0.39, 0.29) is 17.6 Å². The Morgan fingerprint density at radius 2 is 2.21 bits per heavy atom. The SMILES string of the molecule is CCOC(=O)c1c(NC(=O)CSc2nncn2C2CC2)sc2c1CCC(C)C2. The largest absolute Gasteiger partial charge is 0.462 e. The molecule has 1 N–H and O–H groups in total. The molecule has 2 aromatic rings. The van der Waals surface area contributed by atoms with Crippen LogP contribution in [0.2, 0.25) is 0 Å². The molecule has 150 valence electrons. The topological polar surface area (TPSA) is 86.1 Å². The average Bonchev–Trinajstić information content (AvgIpc) is 3.29. The molecule has 1 saturated carbocycles. The van der Waals surface area contributed by atoms with E-state index >= 15 is 0 Å². The number of nitrogens with zero attached hydrogens (tertiary/aromatic N) is 3. The van der Waals surface area contributed by atoms with Crippen LogP contribution in [0.25, 0.3) is 0 Å². The highest BCUT2D eigenvalue weighted by Gasteiger charge is 2.30. The predicted molar refractivity (Wildman–Crippen MR) is 109 cm³/mol. The van der Waals surface area contributed by atoms with Gasteiger partial charge in [0.25, 0.3) is 0 Å². The van der Waals surface area contributed by atoms with E-state index in [2.05, 4.69) is 22.4 Å². The third-order valence-corrected chi connectivity index (χ3v) is 7.18. The van der Waals surface area contributed by atoms with E-state index in [0.29, 0.717) is 29.1 Å². The van der Waals surface area contributed by atoms with Gasteiger partial charge >= 0.3 is 5.97 Å². The number of hydrogen-bond acceptors (Lipinski definition) is 7. The van der Waals surface area contributed by atoms with Crippen molar-refractivity contribution in [2.75, 3.05) is 17.7 Å². The van der Waals surface area contributed by atoms with Crippen molar-refractivity contribution in [3.8, 4) is 0 Å². The third-order valence-electron chi connectivity index (χ3n) is 5.06. The number of amides is 1. The zero-order valence-corrected chi connectivity index (χ0v) is 17.7. The molecule has 0 radical (unpaired) electrons. The first kappa shape index (κ1) is 19.4. The fourth-order valence-corrected chi connectivity index (χ4v) is 5.69. The lowest BCUT2D eigenvalue weighted by Gasteiger charge is -2.18. The molecule has 0 bridgehead atoms. The van der Waals surface area contributed by atoms with Crippen molar-refractivity contribution in [1.82, 2.24) is 14.8 Å². The van der Waals surface area contributed by atoms with Gasteiger partial charge in [-0.2, -0.15) is 0 Å². The van der Waals surface area contributed by atoms with E-state index in [1.54, 1.807) is 13.3 Å². The summed E-state index contributed by atoms with van der Waals surface area (Å²) in [6, 6.07) is 0.474. The molecule has 1 fully saturated rings. The Morgan fingerprint density at radius 3 is 2.96 bits per heavy atom. The van der Waals surface area contributed by atoms with Gasteiger partial charge in [0.1, 0.15) is 11.3 Å². The fraction of sp³-hybridized carbons (Fsp3) is 0.579. The van der Waals surface area contributed by atoms with Gasteiger partial charge in [-0.1, -0.05) is 18.7 Å². The van der Waals surface area contributed by atoms with Gasteiger partial charge in [0.05, 0.1) is 17.9 Å². The lowest BCUT2D eigenvalue weighted by atomic mass is 9.88. The Kier molecular flexibility index (Phi) is 5.73. The molecule has 0 saturated heterocycles. The third kappa shape index (κ3) is 4.10. The zero-order valence-electron chi connectivity index (χ0n) is 16.1. The molecule has 9 heteroatoms. The molecular weight excluding hydrogens is 396 g/mol. The van der Waals surface area contributed by atoms with Gasteiger partial charge in [-0.15, -0.1) is 21.5 Å². The Morgan fingerprint density at radius 1 is 1.39 bits per heavy atom. The van der Waals surface area contributed by atoms with Crippen molar-refractivity contribution >= 4 is 40.0 Å². The van der Waals surface area contributed by atoms with Gasteiger partial charge in [-0.25, -0.2) is 4.79 Å². The standard InChI is InChI=1S/C19H24N4O3S2/c1-3-26-18(25)16-13-7-4-11(2)8-14(13)28-17(16)21-15(24)9-27-19-22-20-10-23(19)12-5-6-12/h10-12H,3-9H2,1-2H3,(H,21,24). The Labute approximate surface area is 172 Å². The smallest absolute Gasteiger partial charge is 0.341 e. The molecule has 1 atom stereocenters. The number of ether oxygens (including phenoxy) is 1. The zero-order chi connectivity index (χ0) is 19.7. The van der Waals surface area contributed by atoms with Gasteiger partial charge in [-0.05, 0) is 50.5 Å². The molecule has 1 unspecified atom stereocenters. The van der Waals surface area contributed by atoms with Crippen molar-refractivity contribution in [2.24, 2.45) is 5.92 Å². The van der Waals surface area contributed by atoms with E-state index in [4.69, 9.17) is 4.74 Å². The van der Waals surface area contributed by atoms with Crippen molar-refractivity contribution in [3.63, 3.8) is 0 Å². The first-order valence-corrected chi connectivity index (χ1v) is 11.5. The Hall–Kier alpha value is -1.87. The van der Waals surface area contributed by atoms with E-state index in [0.717, 1.165) is 42.8 Å². The van der Waals surface area contributed by atoms with Crippen LogP contribution in [-0.4, -0.2) is 39.0 Å². The molecular formula is C19H24N4O3S2.